The number of carbonyl (C=O) groups excluding carboxylic acids is 1. The summed E-state index contributed by atoms with van der Waals surface area (Å²) in [6.07, 6.45) is 0.596. The molecule has 0 atom stereocenters. The van der Waals surface area contributed by atoms with Crippen LogP contribution in [0.15, 0.2) is 18.2 Å². The van der Waals surface area contributed by atoms with Crippen LogP contribution < -0.4 is 0 Å². The zero-order valence-corrected chi connectivity index (χ0v) is 9.96. The number of para-hydroxylation sites is 1. The first kappa shape index (κ1) is 13.8. The van der Waals surface area contributed by atoms with E-state index >= 15 is 0 Å². The van der Waals surface area contributed by atoms with Crippen molar-refractivity contribution in [2.24, 2.45) is 0 Å². The first-order chi connectivity index (χ1) is 8.47. The topological polar surface area (TPSA) is 98.1 Å². The molecule has 0 spiro atoms. The van der Waals surface area contributed by atoms with Crippen LogP contribution in [0.25, 0.3) is 0 Å². The number of aromatic hydroxyl groups is 2. The fraction of sp³-hybridized carbons (Fsp3) is 0.333. The van der Waals surface area contributed by atoms with Crippen LogP contribution in [0, 0.1) is 0 Å². The Kier molecular flexibility index (Phi) is 4.53. The molecule has 1 aromatic carbocycles. The molecular formula is C12H15NO5. The lowest BCUT2D eigenvalue weighted by atomic mass is 10.1. The summed E-state index contributed by atoms with van der Waals surface area (Å²) in [7, 11) is 0. The summed E-state index contributed by atoms with van der Waals surface area (Å²) in [4.78, 5) is 23.8. The number of carbonyl (C=O) groups is 2. The summed E-state index contributed by atoms with van der Waals surface area (Å²) in [5.74, 6) is -2.69. The predicted molar refractivity (Wildman–Crippen MR) is 63.6 cm³/mol. The number of carboxylic acids is 1. The molecular weight excluding hydrogens is 238 g/mol. The molecule has 1 amide bonds. The van der Waals surface area contributed by atoms with Crippen molar-refractivity contribution in [1.82, 2.24) is 4.90 Å². The highest BCUT2D eigenvalue weighted by Crippen LogP contribution is 2.29. The summed E-state index contributed by atoms with van der Waals surface area (Å²) < 4.78 is 0. The van der Waals surface area contributed by atoms with E-state index in [1.807, 2.05) is 6.92 Å². The van der Waals surface area contributed by atoms with Gasteiger partial charge in [-0.25, -0.2) is 0 Å². The molecule has 0 aliphatic carbocycles. The number of hydrogen-bond acceptors (Lipinski definition) is 4. The van der Waals surface area contributed by atoms with Crippen LogP contribution in [0.1, 0.15) is 23.7 Å². The summed E-state index contributed by atoms with van der Waals surface area (Å²) in [5.41, 5.74) is -0.107. The highest BCUT2D eigenvalue weighted by Gasteiger charge is 2.21. The lowest BCUT2D eigenvalue weighted by Gasteiger charge is -2.20. The number of benzene rings is 1. The molecule has 3 N–H and O–H groups in total. The van der Waals surface area contributed by atoms with Crippen molar-refractivity contribution < 1.29 is 24.9 Å². The minimum atomic E-state index is -1.13. The van der Waals surface area contributed by atoms with E-state index in [4.69, 9.17) is 5.11 Å². The number of nitrogens with zero attached hydrogens (tertiary/aromatic N) is 1. The molecule has 0 bridgehead atoms. The maximum Gasteiger partial charge on any atom is 0.323 e. The van der Waals surface area contributed by atoms with Gasteiger partial charge in [0.2, 0.25) is 0 Å². The van der Waals surface area contributed by atoms with E-state index in [-0.39, 0.29) is 12.1 Å². The third kappa shape index (κ3) is 3.13. The summed E-state index contributed by atoms with van der Waals surface area (Å²) >= 11 is 0. The largest absolute Gasteiger partial charge is 0.504 e. The van der Waals surface area contributed by atoms with Crippen LogP contribution in [0.2, 0.25) is 0 Å². The van der Waals surface area contributed by atoms with E-state index in [2.05, 4.69) is 0 Å². The molecule has 0 aliphatic heterocycles. The third-order valence-corrected chi connectivity index (χ3v) is 2.35. The molecule has 1 aromatic rings. The van der Waals surface area contributed by atoms with Gasteiger partial charge in [0.15, 0.2) is 11.5 Å². The molecule has 0 radical (unpaired) electrons. The van der Waals surface area contributed by atoms with Crippen LogP contribution in [-0.4, -0.2) is 45.2 Å². The second-order valence-electron chi connectivity index (χ2n) is 3.79. The van der Waals surface area contributed by atoms with Gasteiger partial charge in [-0.3, -0.25) is 9.59 Å². The zero-order valence-electron chi connectivity index (χ0n) is 9.96. The number of rotatable bonds is 5. The molecule has 0 aliphatic rings. The Balaban J connectivity index is 3.01. The Morgan fingerprint density at radius 1 is 1.28 bits per heavy atom. The van der Waals surface area contributed by atoms with Gasteiger partial charge in [0.05, 0.1) is 5.56 Å². The average molecular weight is 253 g/mol. The maximum atomic E-state index is 12.0. The molecule has 6 heteroatoms. The average Bonchev–Trinajstić information content (AvgIpc) is 2.31. The van der Waals surface area contributed by atoms with Gasteiger partial charge in [-0.2, -0.15) is 0 Å². The minimum Gasteiger partial charge on any atom is -0.504 e. The van der Waals surface area contributed by atoms with Gasteiger partial charge >= 0.3 is 5.97 Å². The van der Waals surface area contributed by atoms with Gasteiger partial charge in [0.25, 0.3) is 5.91 Å². The first-order valence-electron chi connectivity index (χ1n) is 5.49. The summed E-state index contributed by atoms with van der Waals surface area (Å²) in [6.45, 7) is 1.63. The number of carboxylic acid groups (broad SMARTS) is 1. The fourth-order valence-electron chi connectivity index (χ4n) is 1.56. The molecule has 0 saturated carbocycles. The van der Waals surface area contributed by atoms with Crippen LogP contribution >= 0.6 is 0 Å². The monoisotopic (exact) mass is 253 g/mol. The number of amides is 1. The molecule has 18 heavy (non-hydrogen) atoms. The number of aliphatic carboxylic acids is 1. The molecule has 1 rings (SSSR count). The third-order valence-electron chi connectivity index (χ3n) is 2.35. The van der Waals surface area contributed by atoms with Crippen molar-refractivity contribution in [2.75, 3.05) is 13.1 Å². The number of phenols is 2. The van der Waals surface area contributed by atoms with Gasteiger partial charge in [0, 0.05) is 6.54 Å². The van der Waals surface area contributed by atoms with E-state index in [1.165, 1.54) is 18.2 Å². The van der Waals surface area contributed by atoms with Crippen LogP contribution in [0.4, 0.5) is 0 Å². The predicted octanol–water partition coefficient (Wildman–Crippen LogP) is 1.03. The lowest BCUT2D eigenvalue weighted by Crippen LogP contribution is -2.36. The molecule has 0 aromatic heterocycles. The van der Waals surface area contributed by atoms with Gasteiger partial charge < -0.3 is 20.2 Å². The van der Waals surface area contributed by atoms with E-state index < -0.39 is 29.9 Å². The highest BCUT2D eigenvalue weighted by molar-refractivity contribution is 5.98. The van der Waals surface area contributed by atoms with Crippen molar-refractivity contribution in [3.63, 3.8) is 0 Å². The zero-order chi connectivity index (χ0) is 13.7. The fourth-order valence-corrected chi connectivity index (χ4v) is 1.56. The summed E-state index contributed by atoms with van der Waals surface area (Å²) in [5, 5.41) is 27.6. The van der Waals surface area contributed by atoms with Crippen LogP contribution in [-0.2, 0) is 4.79 Å². The molecule has 0 fully saturated rings. The Hall–Kier alpha value is -2.24. The molecule has 0 unspecified atom stereocenters. The van der Waals surface area contributed by atoms with E-state index in [1.54, 1.807) is 0 Å². The minimum absolute atomic E-state index is 0.107. The highest BCUT2D eigenvalue weighted by atomic mass is 16.4. The number of phenolic OH excluding ortho intramolecular Hbond substituents is 2. The Morgan fingerprint density at radius 3 is 2.50 bits per heavy atom. The SMILES string of the molecule is CCCN(CC(=O)O)C(=O)c1cccc(O)c1O. The Bertz CT molecular complexity index is 458. The molecule has 6 nitrogen and oxygen atoms in total. The van der Waals surface area contributed by atoms with Crippen molar-refractivity contribution in [3.05, 3.63) is 23.8 Å². The molecule has 0 saturated heterocycles. The lowest BCUT2D eigenvalue weighted by molar-refractivity contribution is -0.137. The Morgan fingerprint density at radius 2 is 1.94 bits per heavy atom. The van der Waals surface area contributed by atoms with Crippen molar-refractivity contribution in [3.8, 4) is 11.5 Å². The van der Waals surface area contributed by atoms with E-state index in [0.717, 1.165) is 4.90 Å². The van der Waals surface area contributed by atoms with Gasteiger partial charge in [-0.15, -0.1) is 0 Å². The first-order valence-corrected chi connectivity index (χ1v) is 5.49. The van der Waals surface area contributed by atoms with Crippen LogP contribution in [0.3, 0.4) is 0 Å². The van der Waals surface area contributed by atoms with E-state index in [9.17, 15) is 19.8 Å². The van der Waals surface area contributed by atoms with E-state index in [0.29, 0.717) is 6.42 Å². The van der Waals surface area contributed by atoms with Gasteiger partial charge in [-0.1, -0.05) is 13.0 Å². The van der Waals surface area contributed by atoms with Gasteiger partial charge in [0.1, 0.15) is 6.54 Å². The second-order valence-corrected chi connectivity index (χ2v) is 3.79. The molecule has 98 valence electrons. The van der Waals surface area contributed by atoms with Crippen molar-refractivity contribution in [1.29, 1.82) is 0 Å². The quantitative estimate of drug-likeness (QED) is 0.681. The molecule has 0 heterocycles. The number of hydrogen-bond donors (Lipinski definition) is 3. The van der Waals surface area contributed by atoms with Crippen molar-refractivity contribution >= 4 is 11.9 Å². The smallest absolute Gasteiger partial charge is 0.323 e. The second kappa shape index (κ2) is 5.90. The van der Waals surface area contributed by atoms with Crippen LogP contribution in [0.5, 0.6) is 11.5 Å². The summed E-state index contributed by atoms with van der Waals surface area (Å²) in [6, 6.07) is 3.99. The maximum absolute atomic E-state index is 12.0. The van der Waals surface area contributed by atoms with Crippen molar-refractivity contribution in [2.45, 2.75) is 13.3 Å². The Labute approximate surface area is 104 Å². The standard InChI is InChI=1S/C12H15NO5/c1-2-6-13(7-10(15)16)12(18)8-4-3-5-9(14)11(8)17/h3-5,14,17H,2,6-7H2,1H3,(H,15,16). The van der Waals surface area contributed by atoms with Gasteiger partial charge in [-0.05, 0) is 18.6 Å². The normalized spacial score (nSPS) is 10.1.